The summed E-state index contributed by atoms with van der Waals surface area (Å²) in [5.74, 6) is -0.525. The highest BCUT2D eigenvalue weighted by Crippen LogP contribution is 2.31. The topological polar surface area (TPSA) is 148 Å². The molecular formula is C33H54N4O8. The number of allylic oxidation sites excluding steroid dienone is 1. The predicted molar refractivity (Wildman–Crippen MR) is 173 cm³/mol. The molecule has 3 atom stereocenters. The minimum absolute atomic E-state index is 0. The summed E-state index contributed by atoms with van der Waals surface area (Å²) in [6.07, 6.45) is 6.72. The van der Waals surface area contributed by atoms with E-state index in [2.05, 4.69) is 29.0 Å². The molecule has 1 aliphatic carbocycles. The Morgan fingerprint density at radius 3 is 2.33 bits per heavy atom. The lowest BCUT2D eigenvalue weighted by molar-refractivity contribution is -0.138. The second kappa shape index (κ2) is 16.8. The molecule has 0 bridgehead atoms. The van der Waals surface area contributed by atoms with Gasteiger partial charge in [-0.3, -0.25) is 24.1 Å². The first-order valence-electron chi connectivity index (χ1n) is 15.9. The van der Waals surface area contributed by atoms with E-state index in [1.54, 1.807) is 14.0 Å². The number of morpholine rings is 1. The number of ether oxygens (including phenoxy) is 4. The van der Waals surface area contributed by atoms with Crippen molar-refractivity contribution in [2.75, 3.05) is 66.3 Å². The molecule has 3 saturated heterocycles. The maximum atomic E-state index is 13.0. The minimum Gasteiger partial charge on any atom is -0.497 e. The molecule has 0 radical (unpaired) electrons. The summed E-state index contributed by atoms with van der Waals surface area (Å²) in [6, 6.07) is 6.47. The summed E-state index contributed by atoms with van der Waals surface area (Å²) in [5, 5.41) is 8.24. The van der Waals surface area contributed by atoms with Gasteiger partial charge in [0.05, 0.1) is 59.3 Å². The van der Waals surface area contributed by atoms with Crippen molar-refractivity contribution in [3.63, 3.8) is 0 Å². The van der Waals surface area contributed by atoms with Gasteiger partial charge in [-0.25, -0.2) is 0 Å². The van der Waals surface area contributed by atoms with E-state index in [-0.39, 0.29) is 35.0 Å². The van der Waals surface area contributed by atoms with E-state index in [1.807, 2.05) is 29.2 Å². The molecule has 4 aliphatic rings. The molecule has 1 aromatic rings. The van der Waals surface area contributed by atoms with Crippen molar-refractivity contribution in [2.45, 2.75) is 63.6 Å². The van der Waals surface area contributed by atoms with Gasteiger partial charge in [0.15, 0.2) is 5.78 Å². The standard InChI is InChI=1S/C25H38N4O7.C8H10O.3H2/c1-25(16-36-25)23(32)19(11-17-5-3-2-4-6-17)27-20(30)12-26-24(33)22(18-14-35-15-18)28-21(31)13-29-7-9-34-10-8-29;1-7-3-5-8(9-2)6-4-7;;;/h5,18-19,22H,2-4,6-16H2,1H3,(H,26,33)(H,27,30)(H,28,31);3-6H,1-2H3;3*1H/t19-,22-,25+;;;;/m0..../s1. The molecule has 254 valence electrons. The van der Waals surface area contributed by atoms with Crippen LogP contribution in [0.25, 0.3) is 0 Å². The second-order valence-electron chi connectivity index (χ2n) is 12.3. The third-order valence-electron chi connectivity index (χ3n) is 8.49. The van der Waals surface area contributed by atoms with E-state index >= 15 is 0 Å². The van der Waals surface area contributed by atoms with Crippen LogP contribution in [0.3, 0.4) is 0 Å². The fourth-order valence-corrected chi connectivity index (χ4v) is 5.40. The Morgan fingerprint density at radius 2 is 1.76 bits per heavy atom. The number of amides is 3. The molecule has 3 fully saturated rings. The number of aryl methyl sites for hydroxylation is 1. The monoisotopic (exact) mass is 634 g/mol. The Balaban J connectivity index is 0.000000835. The zero-order valence-electron chi connectivity index (χ0n) is 26.7. The van der Waals surface area contributed by atoms with Gasteiger partial charge in [0, 0.05) is 23.3 Å². The van der Waals surface area contributed by atoms with E-state index in [1.165, 1.54) is 11.1 Å². The van der Waals surface area contributed by atoms with Gasteiger partial charge in [0.1, 0.15) is 17.4 Å². The molecule has 0 saturated carbocycles. The summed E-state index contributed by atoms with van der Waals surface area (Å²) in [7, 11) is 1.67. The molecule has 12 nitrogen and oxygen atoms in total. The summed E-state index contributed by atoms with van der Waals surface area (Å²) in [6.45, 7) is 7.25. The van der Waals surface area contributed by atoms with Gasteiger partial charge in [0.25, 0.3) is 0 Å². The average Bonchev–Trinajstić information content (AvgIpc) is 3.78. The largest absolute Gasteiger partial charge is 0.497 e. The van der Waals surface area contributed by atoms with Crippen LogP contribution < -0.4 is 20.7 Å². The number of carbonyl (C=O) groups is 4. The number of Topliss-reactive ketones (excluding diaryl/α,β-unsaturated/α-hetero) is 1. The van der Waals surface area contributed by atoms with Crippen LogP contribution in [0.4, 0.5) is 0 Å². The van der Waals surface area contributed by atoms with Gasteiger partial charge < -0.3 is 34.9 Å². The van der Waals surface area contributed by atoms with Crippen LogP contribution in [-0.4, -0.2) is 112 Å². The van der Waals surface area contributed by atoms with Gasteiger partial charge in [-0.1, -0.05) is 29.3 Å². The van der Waals surface area contributed by atoms with Crippen LogP contribution in [0.2, 0.25) is 0 Å². The number of hydrogen-bond donors (Lipinski definition) is 3. The number of hydrogen-bond acceptors (Lipinski definition) is 9. The SMILES string of the molecule is COc1ccc(C)cc1.C[C@]1(C(=O)[C@H](CC2=CCCCC2)NC(=O)CNC(=O)[C@@H](NC(=O)CN2CCOCC2)C2COC2)CO1.[HH].[HH].[HH]. The lowest BCUT2D eigenvalue weighted by Gasteiger charge is -2.34. The lowest BCUT2D eigenvalue weighted by Crippen LogP contribution is -2.59. The van der Waals surface area contributed by atoms with Crippen LogP contribution in [0.1, 0.15) is 48.9 Å². The van der Waals surface area contributed by atoms with E-state index in [9.17, 15) is 19.2 Å². The van der Waals surface area contributed by atoms with Crippen LogP contribution in [-0.2, 0) is 33.4 Å². The number of epoxide rings is 1. The highest BCUT2D eigenvalue weighted by Gasteiger charge is 2.50. The van der Waals surface area contributed by atoms with Crippen molar-refractivity contribution >= 4 is 23.5 Å². The third kappa shape index (κ3) is 10.9. The second-order valence-corrected chi connectivity index (χ2v) is 12.3. The highest BCUT2D eigenvalue weighted by molar-refractivity contribution is 5.97. The Bertz CT molecular complexity index is 1210. The number of benzene rings is 1. The molecule has 3 aliphatic heterocycles. The number of methoxy groups -OCH3 is 1. The van der Waals surface area contributed by atoms with E-state index in [0.717, 1.165) is 31.4 Å². The molecule has 3 heterocycles. The third-order valence-corrected chi connectivity index (χ3v) is 8.49. The van der Waals surface area contributed by atoms with Crippen LogP contribution >= 0.6 is 0 Å². The number of rotatable bonds is 13. The first-order chi connectivity index (χ1) is 21.7. The maximum absolute atomic E-state index is 13.0. The quantitative estimate of drug-likeness (QED) is 0.219. The molecule has 3 N–H and O–H groups in total. The van der Waals surface area contributed by atoms with Crippen molar-refractivity contribution in [1.29, 1.82) is 0 Å². The Labute approximate surface area is 270 Å². The van der Waals surface area contributed by atoms with Crippen molar-refractivity contribution < 1.29 is 42.4 Å². The number of nitrogens with zero attached hydrogens (tertiary/aromatic N) is 1. The molecule has 3 amide bonds. The van der Waals surface area contributed by atoms with Gasteiger partial charge in [-0.2, -0.15) is 0 Å². The fourth-order valence-electron chi connectivity index (χ4n) is 5.40. The van der Waals surface area contributed by atoms with Gasteiger partial charge in [-0.15, -0.1) is 0 Å². The lowest BCUT2D eigenvalue weighted by atomic mass is 9.90. The zero-order valence-corrected chi connectivity index (χ0v) is 26.7. The first kappa shape index (κ1) is 34.6. The normalized spacial score (nSPS) is 22.7. The Hall–Kier alpha value is -3.32. The van der Waals surface area contributed by atoms with Crippen LogP contribution in [0.15, 0.2) is 35.9 Å². The molecule has 1 aromatic carbocycles. The first-order valence-corrected chi connectivity index (χ1v) is 15.9. The molecule has 5 rings (SSSR count). The van der Waals surface area contributed by atoms with Crippen molar-refractivity contribution in [3.8, 4) is 5.75 Å². The molecule has 0 unspecified atom stereocenters. The van der Waals surface area contributed by atoms with Crippen LogP contribution in [0, 0.1) is 12.8 Å². The minimum atomic E-state index is -0.851. The molecule has 0 spiro atoms. The smallest absolute Gasteiger partial charge is 0.243 e. The van der Waals surface area contributed by atoms with E-state index < -0.39 is 29.5 Å². The van der Waals surface area contributed by atoms with Gasteiger partial charge in [0.2, 0.25) is 17.7 Å². The van der Waals surface area contributed by atoms with Gasteiger partial charge >= 0.3 is 0 Å². The van der Waals surface area contributed by atoms with Crippen LogP contribution in [0.5, 0.6) is 5.75 Å². The van der Waals surface area contributed by atoms with E-state index in [4.69, 9.17) is 18.9 Å². The summed E-state index contributed by atoms with van der Waals surface area (Å²) in [4.78, 5) is 53.2. The van der Waals surface area contributed by atoms with Crippen molar-refractivity contribution in [3.05, 3.63) is 41.5 Å². The number of nitrogens with one attached hydrogen (secondary N) is 3. The number of carbonyl (C=O) groups excluding carboxylic acids is 4. The molecule has 0 aromatic heterocycles. The summed E-state index contributed by atoms with van der Waals surface area (Å²) >= 11 is 0. The van der Waals surface area contributed by atoms with Crippen molar-refractivity contribution in [2.24, 2.45) is 5.92 Å². The predicted octanol–water partition coefficient (Wildman–Crippen LogP) is 2.04. The summed E-state index contributed by atoms with van der Waals surface area (Å²) in [5.41, 5.74) is 1.58. The molecule has 45 heavy (non-hydrogen) atoms. The Kier molecular flexibility index (Phi) is 12.9. The zero-order chi connectivity index (χ0) is 32.2. The molecular weight excluding hydrogens is 580 g/mol. The summed E-state index contributed by atoms with van der Waals surface area (Å²) < 4.78 is 20.8. The average molecular weight is 635 g/mol. The van der Waals surface area contributed by atoms with E-state index in [0.29, 0.717) is 52.5 Å². The fraction of sp³-hybridized carbons (Fsp3) is 0.636. The highest BCUT2D eigenvalue weighted by atomic mass is 16.6. The molecule has 12 heteroatoms. The van der Waals surface area contributed by atoms with Crippen molar-refractivity contribution in [1.82, 2.24) is 20.9 Å². The van der Waals surface area contributed by atoms with Gasteiger partial charge in [-0.05, 0) is 58.1 Å². The number of ketones is 1. The maximum Gasteiger partial charge on any atom is 0.243 e. The Morgan fingerprint density at radius 1 is 1.04 bits per heavy atom.